The molecule has 0 spiro atoms. The highest BCUT2D eigenvalue weighted by Gasteiger charge is 2.19. The van der Waals surface area contributed by atoms with E-state index in [1.54, 1.807) is 17.0 Å². The van der Waals surface area contributed by atoms with Crippen LogP contribution in [0, 0.1) is 10.1 Å². The van der Waals surface area contributed by atoms with Crippen molar-refractivity contribution in [2.45, 2.75) is 12.8 Å². The Morgan fingerprint density at radius 2 is 2.11 bits per heavy atom. The minimum atomic E-state index is -0.463. The molecular weight excluding hydrogens is 314 g/mol. The van der Waals surface area contributed by atoms with Gasteiger partial charge in [-0.3, -0.25) is 14.9 Å². The maximum absolute atomic E-state index is 11.9. The predicted octanol–water partition coefficient (Wildman–Crippen LogP) is 2.39. The number of carbonyl (C=O) groups excluding carboxylic acids is 1. The molecule has 1 heterocycles. The molecule has 1 aromatic rings. The molecule has 1 amide bonds. The summed E-state index contributed by atoms with van der Waals surface area (Å²) >= 11 is 3.26. The zero-order valence-corrected chi connectivity index (χ0v) is 11.9. The number of carbonyl (C=O) groups is 1. The molecule has 7 heteroatoms. The van der Waals surface area contributed by atoms with Crippen LogP contribution >= 0.6 is 15.9 Å². The second-order valence-electron chi connectivity index (χ2n) is 4.36. The van der Waals surface area contributed by atoms with E-state index in [0.717, 1.165) is 30.4 Å². The first-order valence-electron chi connectivity index (χ1n) is 6.03. The highest BCUT2D eigenvalue weighted by molar-refractivity contribution is 9.10. The van der Waals surface area contributed by atoms with Crippen molar-refractivity contribution in [3.8, 4) is 0 Å². The molecule has 1 N–H and O–H groups in total. The van der Waals surface area contributed by atoms with E-state index in [-0.39, 0.29) is 18.1 Å². The van der Waals surface area contributed by atoms with Crippen molar-refractivity contribution in [2.24, 2.45) is 0 Å². The molecule has 0 unspecified atom stereocenters. The molecule has 2 rings (SSSR count). The van der Waals surface area contributed by atoms with Crippen molar-refractivity contribution in [3.05, 3.63) is 32.8 Å². The molecule has 0 aliphatic carbocycles. The minimum Gasteiger partial charge on any atom is -0.371 e. The quantitative estimate of drug-likeness (QED) is 0.680. The maximum Gasteiger partial charge on any atom is 0.292 e. The van der Waals surface area contributed by atoms with E-state index < -0.39 is 4.92 Å². The summed E-state index contributed by atoms with van der Waals surface area (Å²) < 4.78 is 0.731. The van der Waals surface area contributed by atoms with Crippen molar-refractivity contribution in [3.63, 3.8) is 0 Å². The normalized spacial score (nSPS) is 14.5. The Morgan fingerprint density at radius 1 is 1.42 bits per heavy atom. The number of hydrogen-bond acceptors (Lipinski definition) is 4. The number of amides is 1. The summed E-state index contributed by atoms with van der Waals surface area (Å²) in [4.78, 5) is 24.1. The van der Waals surface area contributed by atoms with Crippen LogP contribution in [0.25, 0.3) is 0 Å². The molecule has 1 aromatic carbocycles. The maximum atomic E-state index is 11.9. The molecule has 0 aromatic heterocycles. The molecule has 102 valence electrons. The minimum absolute atomic E-state index is 0.0215. The summed E-state index contributed by atoms with van der Waals surface area (Å²) in [5, 5.41) is 13.7. The van der Waals surface area contributed by atoms with Crippen molar-refractivity contribution >= 4 is 33.2 Å². The average Bonchev–Trinajstić information content (AvgIpc) is 2.89. The number of nitro benzene ring substituents is 1. The topological polar surface area (TPSA) is 75.5 Å². The van der Waals surface area contributed by atoms with Crippen LogP contribution in [0.4, 0.5) is 11.4 Å². The van der Waals surface area contributed by atoms with Crippen LogP contribution in [0.3, 0.4) is 0 Å². The second-order valence-corrected chi connectivity index (χ2v) is 5.28. The fourth-order valence-electron chi connectivity index (χ4n) is 2.06. The number of anilines is 1. The number of likely N-dealkylation sites (tertiary alicyclic amines) is 1. The standard InChI is InChI=1S/C12H14BrN3O3/c13-9-3-4-11(16(18)19)10(7-9)14-8-12(17)15-5-1-2-6-15/h3-4,7,14H,1-2,5-6,8H2. The van der Waals surface area contributed by atoms with Gasteiger partial charge in [0.2, 0.25) is 5.91 Å². The molecular formula is C12H14BrN3O3. The van der Waals surface area contributed by atoms with E-state index in [4.69, 9.17) is 0 Å². The first-order valence-corrected chi connectivity index (χ1v) is 6.83. The number of hydrogen-bond donors (Lipinski definition) is 1. The van der Waals surface area contributed by atoms with Crippen LogP contribution < -0.4 is 5.32 Å². The van der Waals surface area contributed by atoms with Gasteiger partial charge in [0.15, 0.2) is 0 Å². The molecule has 0 bridgehead atoms. The van der Waals surface area contributed by atoms with Gasteiger partial charge in [-0.15, -0.1) is 0 Å². The van der Waals surface area contributed by atoms with Gasteiger partial charge in [0.25, 0.3) is 5.69 Å². The third-order valence-electron chi connectivity index (χ3n) is 3.04. The fraction of sp³-hybridized carbons (Fsp3) is 0.417. The van der Waals surface area contributed by atoms with Gasteiger partial charge < -0.3 is 10.2 Å². The van der Waals surface area contributed by atoms with Crippen molar-refractivity contribution in [1.29, 1.82) is 0 Å². The summed E-state index contributed by atoms with van der Waals surface area (Å²) in [7, 11) is 0. The summed E-state index contributed by atoms with van der Waals surface area (Å²) in [6.45, 7) is 1.64. The number of nitrogens with one attached hydrogen (secondary N) is 1. The summed E-state index contributed by atoms with van der Waals surface area (Å²) in [5.74, 6) is -0.0215. The van der Waals surface area contributed by atoms with Crippen molar-refractivity contribution < 1.29 is 9.72 Å². The molecule has 19 heavy (non-hydrogen) atoms. The highest BCUT2D eigenvalue weighted by Crippen LogP contribution is 2.27. The summed E-state index contributed by atoms with van der Waals surface area (Å²) in [5.41, 5.74) is 0.323. The van der Waals surface area contributed by atoms with Crippen LogP contribution in [-0.4, -0.2) is 35.4 Å². The zero-order valence-electron chi connectivity index (χ0n) is 10.3. The number of halogens is 1. The molecule has 1 saturated heterocycles. The molecule has 1 aliphatic rings. The monoisotopic (exact) mass is 327 g/mol. The van der Waals surface area contributed by atoms with Gasteiger partial charge in [-0.25, -0.2) is 0 Å². The number of nitro groups is 1. The number of rotatable bonds is 4. The Hall–Kier alpha value is -1.63. The lowest BCUT2D eigenvalue weighted by Crippen LogP contribution is -2.33. The Bertz CT molecular complexity index is 501. The Labute approximate surface area is 119 Å². The van der Waals surface area contributed by atoms with Gasteiger partial charge in [0, 0.05) is 23.6 Å². The fourth-order valence-corrected chi connectivity index (χ4v) is 2.42. The van der Waals surface area contributed by atoms with E-state index in [1.807, 2.05) is 0 Å². The highest BCUT2D eigenvalue weighted by atomic mass is 79.9. The van der Waals surface area contributed by atoms with Crippen LogP contribution in [0.5, 0.6) is 0 Å². The van der Waals surface area contributed by atoms with Gasteiger partial charge in [0.1, 0.15) is 5.69 Å². The van der Waals surface area contributed by atoms with E-state index in [2.05, 4.69) is 21.2 Å². The third-order valence-corrected chi connectivity index (χ3v) is 3.54. The SMILES string of the molecule is O=C(CNc1cc(Br)ccc1[N+](=O)[O-])N1CCCC1. The summed E-state index contributed by atoms with van der Waals surface area (Å²) in [6.07, 6.45) is 2.06. The lowest BCUT2D eigenvalue weighted by molar-refractivity contribution is -0.384. The average molecular weight is 328 g/mol. The van der Waals surface area contributed by atoms with Crippen LogP contribution in [-0.2, 0) is 4.79 Å². The predicted molar refractivity (Wildman–Crippen MR) is 75.1 cm³/mol. The van der Waals surface area contributed by atoms with Gasteiger partial charge in [-0.1, -0.05) is 15.9 Å². The zero-order chi connectivity index (χ0) is 13.8. The lowest BCUT2D eigenvalue weighted by atomic mass is 10.2. The molecule has 1 fully saturated rings. The van der Waals surface area contributed by atoms with Crippen molar-refractivity contribution in [1.82, 2.24) is 4.90 Å². The molecule has 6 nitrogen and oxygen atoms in total. The largest absolute Gasteiger partial charge is 0.371 e. The van der Waals surface area contributed by atoms with Crippen molar-refractivity contribution in [2.75, 3.05) is 25.0 Å². The Balaban J connectivity index is 2.04. The number of benzene rings is 1. The number of nitrogens with zero attached hydrogens (tertiary/aromatic N) is 2. The molecule has 0 saturated carbocycles. The summed E-state index contributed by atoms with van der Waals surface area (Å²) in [6, 6.07) is 4.62. The van der Waals surface area contributed by atoms with Gasteiger partial charge in [-0.05, 0) is 25.0 Å². The second kappa shape index (κ2) is 6.01. The van der Waals surface area contributed by atoms with Gasteiger partial charge >= 0.3 is 0 Å². The van der Waals surface area contributed by atoms with E-state index in [9.17, 15) is 14.9 Å². The Morgan fingerprint density at radius 3 is 2.74 bits per heavy atom. The van der Waals surface area contributed by atoms with E-state index >= 15 is 0 Å². The molecule has 1 aliphatic heterocycles. The van der Waals surface area contributed by atoms with E-state index in [1.165, 1.54) is 6.07 Å². The smallest absolute Gasteiger partial charge is 0.292 e. The van der Waals surface area contributed by atoms with Crippen LogP contribution in [0.1, 0.15) is 12.8 Å². The molecule has 0 atom stereocenters. The first kappa shape index (κ1) is 13.8. The Kier molecular flexibility index (Phi) is 4.36. The van der Waals surface area contributed by atoms with Crippen LogP contribution in [0.2, 0.25) is 0 Å². The van der Waals surface area contributed by atoms with Crippen LogP contribution in [0.15, 0.2) is 22.7 Å². The van der Waals surface area contributed by atoms with Gasteiger partial charge in [-0.2, -0.15) is 0 Å². The lowest BCUT2D eigenvalue weighted by Gasteiger charge is -2.16. The van der Waals surface area contributed by atoms with E-state index in [0.29, 0.717) is 5.69 Å². The third kappa shape index (κ3) is 3.44. The van der Waals surface area contributed by atoms with Gasteiger partial charge in [0.05, 0.1) is 11.5 Å². The first-order chi connectivity index (χ1) is 9.08. The molecule has 0 radical (unpaired) electrons.